The van der Waals surface area contributed by atoms with Gasteiger partial charge in [0.05, 0.1) is 19.8 Å². The minimum absolute atomic E-state index is 0.159. The number of amides is 1. The van der Waals surface area contributed by atoms with Crippen LogP contribution in [0.3, 0.4) is 0 Å². The molecule has 0 aliphatic rings. The van der Waals surface area contributed by atoms with Crippen molar-refractivity contribution in [2.24, 2.45) is 0 Å². The van der Waals surface area contributed by atoms with Gasteiger partial charge in [-0.3, -0.25) is 4.79 Å². The van der Waals surface area contributed by atoms with Crippen molar-refractivity contribution < 1.29 is 27.4 Å². The van der Waals surface area contributed by atoms with Crippen molar-refractivity contribution in [1.29, 1.82) is 0 Å². The second-order valence-corrected chi connectivity index (χ2v) is 5.51. The van der Waals surface area contributed by atoms with E-state index in [1.165, 1.54) is 0 Å². The zero-order valence-electron chi connectivity index (χ0n) is 14.4. The Hall–Kier alpha value is -2.38. The van der Waals surface area contributed by atoms with Gasteiger partial charge in [-0.05, 0) is 30.2 Å². The monoisotopic (exact) mass is 367 g/mol. The van der Waals surface area contributed by atoms with Gasteiger partial charge < -0.3 is 14.8 Å². The molecule has 0 radical (unpaired) electrons. The fraction of sp³-hybridized carbons (Fsp3) is 0.316. The molecule has 0 saturated heterocycles. The lowest BCUT2D eigenvalue weighted by Crippen LogP contribution is -2.23. The third-order valence-electron chi connectivity index (χ3n) is 3.54. The number of carbonyl (C=O) groups is 1. The van der Waals surface area contributed by atoms with Gasteiger partial charge in [0, 0.05) is 18.7 Å². The minimum atomic E-state index is -1.60. The molecule has 1 amide bonds. The number of nitrogens with one attached hydrogen (secondary N) is 1. The molecule has 0 spiro atoms. The van der Waals surface area contributed by atoms with Crippen molar-refractivity contribution in [3.8, 4) is 0 Å². The van der Waals surface area contributed by atoms with Crippen molar-refractivity contribution in [1.82, 2.24) is 5.32 Å². The summed E-state index contributed by atoms with van der Waals surface area (Å²) in [4.78, 5) is 12.0. The molecule has 2 rings (SSSR count). The van der Waals surface area contributed by atoms with E-state index in [0.29, 0.717) is 38.6 Å². The van der Waals surface area contributed by atoms with Crippen LogP contribution in [0.15, 0.2) is 36.4 Å². The Morgan fingerprint density at radius 1 is 1.00 bits per heavy atom. The summed E-state index contributed by atoms with van der Waals surface area (Å²) in [5.74, 6) is -5.09. The molecule has 26 heavy (non-hydrogen) atoms. The topological polar surface area (TPSA) is 47.6 Å². The van der Waals surface area contributed by atoms with Crippen LogP contribution in [0.25, 0.3) is 0 Å². The second-order valence-electron chi connectivity index (χ2n) is 5.51. The van der Waals surface area contributed by atoms with E-state index in [4.69, 9.17) is 9.47 Å². The summed E-state index contributed by atoms with van der Waals surface area (Å²) in [6.45, 7) is 4.12. The first-order valence-electron chi connectivity index (χ1n) is 8.17. The normalized spacial score (nSPS) is 10.8. The van der Waals surface area contributed by atoms with E-state index in [1.807, 2.05) is 25.1 Å². The predicted octanol–water partition coefficient (Wildman–Crippen LogP) is 3.59. The van der Waals surface area contributed by atoms with Crippen LogP contribution in [0.4, 0.5) is 13.2 Å². The standard InChI is InChI=1S/C19H20F3NO3/c1-2-25-6-7-26-12-14-5-3-4-13(8-14)11-23-19(24)15-9-16(20)18(22)17(21)10-15/h3-5,8-10H,2,6-7,11-12H2,1H3,(H,23,24). The molecule has 2 aromatic rings. The highest BCUT2D eigenvalue weighted by Crippen LogP contribution is 2.14. The largest absolute Gasteiger partial charge is 0.379 e. The van der Waals surface area contributed by atoms with Crippen LogP contribution in [-0.2, 0) is 22.6 Å². The highest BCUT2D eigenvalue weighted by atomic mass is 19.2. The van der Waals surface area contributed by atoms with Gasteiger partial charge in [-0.2, -0.15) is 0 Å². The minimum Gasteiger partial charge on any atom is -0.379 e. The highest BCUT2D eigenvalue weighted by Gasteiger charge is 2.14. The molecule has 0 saturated carbocycles. The average Bonchev–Trinajstić information content (AvgIpc) is 2.64. The Labute approximate surface area is 149 Å². The maximum atomic E-state index is 13.2. The summed E-state index contributed by atoms with van der Waals surface area (Å²) in [6, 6.07) is 8.69. The number of carbonyl (C=O) groups excluding carboxylic acids is 1. The van der Waals surface area contributed by atoms with E-state index in [2.05, 4.69) is 5.32 Å². The molecule has 0 unspecified atom stereocenters. The third kappa shape index (κ3) is 5.86. The Balaban J connectivity index is 1.89. The van der Waals surface area contributed by atoms with Crippen LogP contribution >= 0.6 is 0 Å². The first-order valence-corrected chi connectivity index (χ1v) is 8.17. The van der Waals surface area contributed by atoms with E-state index >= 15 is 0 Å². The van der Waals surface area contributed by atoms with Crippen LogP contribution in [0.2, 0.25) is 0 Å². The summed E-state index contributed by atoms with van der Waals surface area (Å²) < 4.78 is 50.0. The van der Waals surface area contributed by atoms with E-state index in [1.54, 1.807) is 6.07 Å². The maximum Gasteiger partial charge on any atom is 0.251 e. The first-order chi connectivity index (χ1) is 12.5. The molecule has 0 fully saturated rings. The quantitative estimate of drug-likeness (QED) is 0.544. The SMILES string of the molecule is CCOCCOCc1cccc(CNC(=O)c2cc(F)c(F)c(F)c2)c1. The van der Waals surface area contributed by atoms with Crippen LogP contribution in [-0.4, -0.2) is 25.7 Å². The van der Waals surface area contributed by atoms with Crippen molar-refractivity contribution in [2.75, 3.05) is 19.8 Å². The van der Waals surface area contributed by atoms with Gasteiger partial charge in [-0.25, -0.2) is 13.2 Å². The maximum absolute atomic E-state index is 13.2. The summed E-state index contributed by atoms with van der Waals surface area (Å²) in [7, 11) is 0. The molecule has 0 aliphatic heterocycles. The van der Waals surface area contributed by atoms with Gasteiger partial charge in [0.25, 0.3) is 5.91 Å². The van der Waals surface area contributed by atoms with Crippen LogP contribution < -0.4 is 5.32 Å². The Morgan fingerprint density at radius 3 is 2.35 bits per heavy atom. The number of hydrogen-bond acceptors (Lipinski definition) is 3. The van der Waals surface area contributed by atoms with Gasteiger partial charge in [-0.15, -0.1) is 0 Å². The number of hydrogen-bond donors (Lipinski definition) is 1. The molecule has 1 N–H and O–H groups in total. The fourth-order valence-electron chi connectivity index (χ4n) is 2.25. The number of benzene rings is 2. The molecule has 7 heteroatoms. The second kappa shape index (κ2) is 9.94. The van der Waals surface area contributed by atoms with Crippen LogP contribution in [0.1, 0.15) is 28.4 Å². The molecule has 4 nitrogen and oxygen atoms in total. The molecular weight excluding hydrogens is 347 g/mol. The fourth-order valence-corrected chi connectivity index (χ4v) is 2.25. The van der Waals surface area contributed by atoms with E-state index < -0.39 is 23.4 Å². The molecule has 2 aromatic carbocycles. The molecule has 0 atom stereocenters. The Bertz CT molecular complexity index is 730. The number of rotatable bonds is 9. The Morgan fingerprint density at radius 2 is 1.65 bits per heavy atom. The van der Waals surface area contributed by atoms with Gasteiger partial charge in [-0.1, -0.05) is 24.3 Å². The van der Waals surface area contributed by atoms with E-state index in [0.717, 1.165) is 11.1 Å². The van der Waals surface area contributed by atoms with Crippen molar-refractivity contribution in [3.63, 3.8) is 0 Å². The smallest absolute Gasteiger partial charge is 0.251 e. The number of halogens is 3. The van der Waals surface area contributed by atoms with Crippen LogP contribution in [0.5, 0.6) is 0 Å². The van der Waals surface area contributed by atoms with Gasteiger partial charge in [0.1, 0.15) is 0 Å². The van der Waals surface area contributed by atoms with Gasteiger partial charge in [0.15, 0.2) is 17.5 Å². The van der Waals surface area contributed by atoms with E-state index in [-0.39, 0.29) is 12.1 Å². The first kappa shape index (κ1) is 19.9. The van der Waals surface area contributed by atoms with Crippen molar-refractivity contribution >= 4 is 5.91 Å². The average molecular weight is 367 g/mol. The zero-order chi connectivity index (χ0) is 18.9. The van der Waals surface area contributed by atoms with Gasteiger partial charge in [0.2, 0.25) is 0 Å². The molecule has 0 aromatic heterocycles. The predicted molar refractivity (Wildman–Crippen MR) is 90.1 cm³/mol. The molecule has 0 bridgehead atoms. The van der Waals surface area contributed by atoms with Crippen molar-refractivity contribution in [3.05, 3.63) is 70.5 Å². The summed E-state index contributed by atoms with van der Waals surface area (Å²) >= 11 is 0. The lowest BCUT2D eigenvalue weighted by atomic mass is 10.1. The highest BCUT2D eigenvalue weighted by molar-refractivity contribution is 5.94. The Kier molecular flexibility index (Phi) is 7.62. The third-order valence-corrected chi connectivity index (χ3v) is 3.54. The molecule has 0 aliphatic carbocycles. The van der Waals surface area contributed by atoms with E-state index in [9.17, 15) is 18.0 Å². The lowest BCUT2D eigenvalue weighted by Gasteiger charge is -2.09. The van der Waals surface area contributed by atoms with Crippen molar-refractivity contribution in [2.45, 2.75) is 20.1 Å². The molecule has 140 valence electrons. The number of ether oxygens (including phenoxy) is 2. The molecule has 0 heterocycles. The summed E-state index contributed by atoms with van der Waals surface area (Å²) in [6.07, 6.45) is 0. The lowest BCUT2D eigenvalue weighted by molar-refractivity contribution is 0.0453. The van der Waals surface area contributed by atoms with Gasteiger partial charge >= 0.3 is 0 Å². The van der Waals surface area contributed by atoms with Crippen LogP contribution in [0, 0.1) is 17.5 Å². The molecular formula is C19H20F3NO3. The summed E-state index contributed by atoms with van der Waals surface area (Å²) in [5, 5.41) is 2.54. The summed E-state index contributed by atoms with van der Waals surface area (Å²) in [5.41, 5.74) is 1.44. The zero-order valence-corrected chi connectivity index (χ0v) is 14.4.